The maximum absolute atomic E-state index is 16.2. The van der Waals surface area contributed by atoms with Crippen molar-refractivity contribution in [1.82, 2.24) is 39.7 Å². The number of carbonyl (C=O) groups excluding carboxylic acids is 1. The molecule has 8 heterocycles. The summed E-state index contributed by atoms with van der Waals surface area (Å²) >= 11 is 1.78. The molecule has 0 atom stereocenters. The zero-order chi connectivity index (χ0) is 53.1. The number of phenols is 2. The number of methoxy groups -OCH3 is 1. The number of aromatic hydroxyl groups is 2. The van der Waals surface area contributed by atoms with Crippen LogP contribution in [0.5, 0.6) is 23.5 Å². The molecule has 0 amide bonds. The fourth-order valence-corrected chi connectivity index (χ4v) is 12.4. The standard InChI is InChI=1S/C29H30FN5O4.C29H32FN5O2S/c1-38-23(37)8-11-31-27-22-16-32-25(21-15-19(36)14-18-6-2-3-7-20(18)21)24(30)26(22)33-28(34-27)39-17-29-9-4-12-35(29)13-5-10-29;1-38-14-6-11-31-27-23-17-32-25(22-16-20(36)15-19-7-2-3-8-21(19)22)24(30)26(23)33-28(34-27)37-18-29-9-4-12-35(29)13-5-10-29/h2-3,6-7,14-16,36H,4-5,8-13,17H2,1H3,(H,31,33,34);2-3,7-8,15-17,36H,4-6,9-14,18H2,1H3,(H,31,33,34). The van der Waals surface area contributed by atoms with Crippen molar-refractivity contribution >= 4 is 72.7 Å². The van der Waals surface area contributed by atoms with Gasteiger partial charge in [-0.2, -0.15) is 31.7 Å². The molecular formula is C58H62F2N10O6S. The first-order valence-electron chi connectivity index (χ1n) is 26.5. The molecule has 4 saturated heterocycles. The van der Waals surface area contributed by atoms with Gasteiger partial charge >= 0.3 is 18.0 Å². The average Bonchev–Trinajstić information content (AvgIpc) is 4.24. The summed E-state index contributed by atoms with van der Waals surface area (Å²) in [6.45, 7) is 6.18. The van der Waals surface area contributed by atoms with Crippen LogP contribution in [0.4, 0.5) is 20.4 Å². The number of pyridine rings is 2. The molecule has 400 valence electrons. The van der Waals surface area contributed by atoms with Crippen molar-refractivity contribution in [1.29, 1.82) is 0 Å². The molecule has 4 aliphatic heterocycles. The van der Waals surface area contributed by atoms with Crippen molar-refractivity contribution in [2.45, 2.75) is 75.3 Å². The van der Waals surface area contributed by atoms with E-state index >= 15 is 8.78 Å². The fraction of sp³-hybridized carbons (Fsp3) is 0.397. The van der Waals surface area contributed by atoms with E-state index in [4.69, 9.17) is 14.2 Å². The van der Waals surface area contributed by atoms with Crippen LogP contribution in [-0.2, 0) is 9.53 Å². The number of aromatic nitrogens is 6. The number of hydrogen-bond acceptors (Lipinski definition) is 17. The third-order valence-electron chi connectivity index (χ3n) is 15.8. The molecule has 4 aromatic carbocycles. The Labute approximate surface area is 449 Å². The van der Waals surface area contributed by atoms with Crippen LogP contribution in [-0.4, -0.2) is 139 Å². The number of hydrogen-bond donors (Lipinski definition) is 4. The van der Waals surface area contributed by atoms with Crippen LogP contribution in [0.1, 0.15) is 64.2 Å². The second kappa shape index (κ2) is 22.4. The van der Waals surface area contributed by atoms with Crippen molar-refractivity contribution < 1.29 is 38.0 Å². The number of halogens is 2. The monoisotopic (exact) mass is 1060 g/mol. The SMILES string of the molecule is COC(=O)CCNc1nc(OCC23CCCN2CCC3)nc2c(F)c(-c3cc(O)cc4ccccc34)ncc12.CSCCCNc1nc(OCC23CCCN2CCC3)nc2c(F)c(-c3cc(O)cc4ccccc34)ncc12. The number of anilines is 2. The van der Waals surface area contributed by atoms with Crippen molar-refractivity contribution in [3.8, 4) is 46.0 Å². The molecular weight excluding hydrogens is 1000 g/mol. The minimum absolute atomic E-state index is 0.0128. The van der Waals surface area contributed by atoms with Gasteiger partial charge in [-0.05, 0) is 142 Å². The predicted molar refractivity (Wildman–Crippen MR) is 297 cm³/mol. The van der Waals surface area contributed by atoms with Gasteiger partial charge in [0, 0.05) is 36.6 Å². The van der Waals surface area contributed by atoms with Crippen molar-refractivity contribution in [3.05, 3.63) is 96.8 Å². The van der Waals surface area contributed by atoms with Gasteiger partial charge in [-0.15, -0.1) is 0 Å². The molecule has 0 aliphatic carbocycles. The number of thioether (sulfide) groups is 1. The third-order valence-corrected chi connectivity index (χ3v) is 16.5. The molecule has 77 heavy (non-hydrogen) atoms. The molecule has 4 N–H and O–H groups in total. The Morgan fingerprint density at radius 3 is 1.56 bits per heavy atom. The molecule has 19 heteroatoms. The number of phenolic OH excluding ortho intramolecular Hbond substituents is 2. The Morgan fingerprint density at radius 1 is 0.649 bits per heavy atom. The van der Waals surface area contributed by atoms with Crippen LogP contribution in [0, 0.1) is 11.6 Å². The van der Waals surface area contributed by atoms with Crippen molar-refractivity contribution in [3.63, 3.8) is 0 Å². The zero-order valence-electron chi connectivity index (χ0n) is 43.3. The lowest BCUT2D eigenvalue weighted by molar-refractivity contribution is -0.140. The van der Waals surface area contributed by atoms with Gasteiger partial charge in [0.25, 0.3) is 0 Å². The normalized spacial score (nSPS) is 16.6. The van der Waals surface area contributed by atoms with E-state index in [0.717, 1.165) is 98.4 Å². The Kier molecular flexibility index (Phi) is 15.1. The molecule has 4 aliphatic rings. The number of nitrogens with one attached hydrogen (secondary N) is 2. The lowest BCUT2D eigenvalue weighted by Crippen LogP contribution is -2.43. The Balaban J connectivity index is 0.000000164. The molecule has 0 saturated carbocycles. The van der Waals surface area contributed by atoms with E-state index in [1.54, 1.807) is 36.2 Å². The van der Waals surface area contributed by atoms with Crippen molar-refractivity contribution in [2.75, 3.05) is 82.2 Å². The van der Waals surface area contributed by atoms with E-state index < -0.39 is 11.6 Å². The highest BCUT2D eigenvalue weighted by Gasteiger charge is 2.46. The summed E-state index contributed by atoms with van der Waals surface area (Å²) in [4.78, 5) is 43.8. The summed E-state index contributed by atoms with van der Waals surface area (Å²) in [5.74, 6) is 0.355. The summed E-state index contributed by atoms with van der Waals surface area (Å²) in [6.07, 6.45) is 15.2. The van der Waals surface area contributed by atoms with Crippen LogP contribution in [0.15, 0.2) is 85.2 Å². The van der Waals surface area contributed by atoms with Gasteiger partial charge in [0.1, 0.15) is 58.8 Å². The summed E-state index contributed by atoms with van der Waals surface area (Å²) in [7, 11) is 1.33. The summed E-state index contributed by atoms with van der Waals surface area (Å²) in [6, 6.07) is 21.6. The number of esters is 1. The van der Waals surface area contributed by atoms with E-state index in [0.29, 0.717) is 53.3 Å². The molecule has 4 aromatic heterocycles. The molecule has 12 rings (SSSR count). The molecule has 16 nitrogen and oxygen atoms in total. The lowest BCUT2D eigenvalue weighted by Gasteiger charge is -2.31. The third kappa shape index (κ3) is 10.5. The number of carbonyl (C=O) groups is 1. The fourth-order valence-electron chi connectivity index (χ4n) is 12.0. The molecule has 0 spiro atoms. The molecule has 0 unspecified atom stereocenters. The van der Waals surface area contributed by atoms with Gasteiger partial charge in [-0.3, -0.25) is 24.6 Å². The maximum Gasteiger partial charge on any atom is 0.319 e. The Morgan fingerprint density at radius 2 is 1.10 bits per heavy atom. The molecule has 4 fully saturated rings. The van der Waals surface area contributed by atoms with Crippen LogP contribution < -0.4 is 20.1 Å². The topological polar surface area (TPSA) is 193 Å². The highest BCUT2D eigenvalue weighted by atomic mass is 32.2. The average molecular weight is 1070 g/mol. The number of nitrogens with zero attached hydrogens (tertiary/aromatic N) is 8. The van der Waals surface area contributed by atoms with E-state index in [1.807, 2.05) is 48.5 Å². The van der Waals surface area contributed by atoms with Gasteiger partial charge in [0.2, 0.25) is 0 Å². The van der Waals surface area contributed by atoms with Gasteiger partial charge in [0.05, 0.1) is 35.4 Å². The van der Waals surface area contributed by atoms with Crippen molar-refractivity contribution in [2.24, 2.45) is 0 Å². The molecule has 8 aromatic rings. The highest BCUT2D eigenvalue weighted by molar-refractivity contribution is 7.98. The highest BCUT2D eigenvalue weighted by Crippen LogP contribution is 2.42. The van der Waals surface area contributed by atoms with E-state index in [9.17, 15) is 15.0 Å². The first kappa shape index (κ1) is 51.9. The van der Waals surface area contributed by atoms with Gasteiger partial charge in [-0.25, -0.2) is 8.78 Å². The van der Waals surface area contributed by atoms with Gasteiger partial charge < -0.3 is 35.1 Å². The second-order valence-corrected chi connectivity index (χ2v) is 21.4. The summed E-state index contributed by atoms with van der Waals surface area (Å²) < 4.78 is 49.6. The van der Waals surface area contributed by atoms with Crippen LogP contribution in [0.25, 0.3) is 65.9 Å². The largest absolute Gasteiger partial charge is 0.508 e. The lowest BCUT2D eigenvalue weighted by atomic mass is 9.95. The van der Waals surface area contributed by atoms with E-state index in [2.05, 4.69) is 56.6 Å². The van der Waals surface area contributed by atoms with Gasteiger partial charge in [0.15, 0.2) is 11.6 Å². The maximum atomic E-state index is 16.2. The number of ether oxygens (including phenoxy) is 3. The van der Waals surface area contributed by atoms with Crippen LogP contribution >= 0.6 is 11.8 Å². The minimum Gasteiger partial charge on any atom is -0.508 e. The summed E-state index contributed by atoms with van der Waals surface area (Å²) in [5, 5.41) is 31.1. The quantitative estimate of drug-likeness (QED) is 0.0497. The number of rotatable bonds is 17. The minimum atomic E-state index is -0.645. The summed E-state index contributed by atoms with van der Waals surface area (Å²) in [5.41, 5.74) is 1.39. The van der Waals surface area contributed by atoms with Gasteiger partial charge in [-0.1, -0.05) is 48.5 Å². The van der Waals surface area contributed by atoms with Crippen LogP contribution in [0.2, 0.25) is 0 Å². The Hall–Kier alpha value is -7.22. The molecule has 0 bridgehead atoms. The first-order valence-corrected chi connectivity index (χ1v) is 27.9. The van der Waals surface area contributed by atoms with E-state index in [1.165, 1.54) is 32.2 Å². The zero-order valence-corrected chi connectivity index (χ0v) is 44.1. The van der Waals surface area contributed by atoms with Crippen LogP contribution in [0.3, 0.4) is 0 Å². The van der Waals surface area contributed by atoms with E-state index in [-0.39, 0.29) is 76.0 Å². The smallest absolute Gasteiger partial charge is 0.319 e. The number of fused-ring (bicyclic) bond motifs is 6. The Bertz CT molecular complexity index is 3480. The predicted octanol–water partition coefficient (Wildman–Crippen LogP) is 10.5. The number of benzene rings is 4. The first-order chi connectivity index (χ1) is 37.5. The molecule has 0 radical (unpaired) electrons. The second-order valence-electron chi connectivity index (χ2n) is 20.4.